The molecule has 1 unspecified atom stereocenters. The molecule has 0 heterocycles. The Morgan fingerprint density at radius 3 is 2.70 bits per heavy atom. The molecule has 0 aliphatic carbocycles. The highest BCUT2D eigenvalue weighted by molar-refractivity contribution is 6.30. The Labute approximate surface area is 126 Å². The first-order valence-corrected chi connectivity index (χ1v) is 7.24. The highest BCUT2D eigenvalue weighted by Gasteiger charge is 2.18. The third-order valence-corrected chi connectivity index (χ3v) is 3.32. The lowest BCUT2D eigenvalue weighted by atomic mass is 10.1. The van der Waals surface area contributed by atoms with Crippen LogP contribution in [0.5, 0.6) is 0 Å². The summed E-state index contributed by atoms with van der Waals surface area (Å²) in [6.45, 7) is 5.59. The van der Waals surface area contributed by atoms with Gasteiger partial charge in [-0.05, 0) is 30.7 Å². The monoisotopic (exact) mass is 297 g/mol. The van der Waals surface area contributed by atoms with E-state index in [1.54, 1.807) is 0 Å². The smallest absolute Gasteiger partial charge is 0.234 e. The number of carbonyl (C=O) groups is 1. The zero-order chi connectivity index (χ0) is 15.1. The van der Waals surface area contributed by atoms with Crippen molar-refractivity contribution in [2.45, 2.75) is 19.9 Å². The summed E-state index contributed by atoms with van der Waals surface area (Å²) in [5, 5.41) is 3.59. The molecule has 0 saturated heterocycles. The summed E-state index contributed by atoms with van der Waals surface area (Å²) in [6.07, 6.45) is 0. The van der Waals surface area contributed by atoms with Crippen LogP contribution < -0.4 is 11.1 Å². The maximum Gasteiger partial charge on any atom is 0.234 e. The van der Waals surface area contributed by atoms with Crippen LogP contribution in [0.4, 0.5) is 0 Å². The van der Waals surface area contributed by atoms with E-state index in [1.165, 1.54) is 0 Å². The molecule has 112 valence electrons. The zero-order valence-corrected chi connectivity index (χ0v) is 13.2. The number of carbonyl (C=O) groups excluding carboxylic acids is 1. The Kier molecular flexibility index (Phi) is 6.99. The van der Waals surface area contributed by atoms with Crippen molar-refractivity contribution in [2.24, 2.45) is 11.7 Å². The molecular formula is C15H24ClN3O. The summed E-state index contributed by atoms with van der Waals surface area (Å²) < 4.78 is 0. The van der Waals surface area contributed by atoms with Crippen LogP contribution in [0.2, 0.25) is 5.02 Å². The highest BCUT2D eigenvalue weighted by Crippen LogP contribution is 2.21. The molecule has 1 amide bonds. The molecule has 1 aromatic carbocycles. The second-order valence-electron chi connectivity index (χ2n) is 5.42. The van der Waals surface area contributed by atoms with E-state index in [4.69, 9.17) is 17.3 Å². The first kappa shape index (κ1) is 17.0. The van der Waals surface area contributed by atoms with Crippen LogP contribution in [-0.2, 0) is 4.79 Å². The lowest BCUT2D eigenvalue weighted by Crippen LogP contribution is -2.40. The molecular weight excluding hydrogens is 274 g/mol. The number of likely N-dealkylation sites (N-methyl/N-ethyl adjacent to an activating group) is 1. The third-order valence-electron chi connectivity index (χ3n) is 3.09. The number of hydrogen-bond acceptors (Lipinski definition) is 3. The SMILES string of the molecule is CC(C)CNC(=O)CN(C)C(CN)c1cccc(Cl)c1. The largest absolute Gasteiger partial charge is 0.355 e. The molecule has 0 aliphatic heterocycles. The van der Waals surface area contributed by atoms with Gasteiger partial charge < -0.3 is 11.1 Å². The van der Waals surface area contributed by atoms with E-state index in [-0.39, 0.29) is 11.9 Å². The fourth-order valence-corrected chi connectivity index (χ4v) is 2.19. The van der Waals surface area contributed by atoms with Gasteiger partial charge in [-0.15, -0.1) is 0 Å². The summed E-state index contributed by atoms with van der Waals surface area (Å²) in [6, 6.07) is 7.58. The van der Waals surface area contributed by atoms with Crippen LogP contribution in [0.1, 0.15) is 25.5 Å². The van der Waals surface area contributed by atoms with Crippen LogP contribution in [-0.4, -0.2) is 37.5 Å². The predicted octanol–water partition coefficient (Wildman–Crippen LogP) is 2.04. The Morgan fingerprint density at radius 2 is 2.15 bits per heavy atom. The van der Waals surface area contributed by atoms with E-state index in [9.17, 15) is 4.79 Å². The minimum atomic E-state index is -0.0153. The fourth-order valence-electron chi connectivity index (χ4n) is 1.99. The summed E-state index contributed by atoms with van der Waals surface area (Å²) in [5.41, 5.74) is 6.86. The van der Waals surface area contributed by atoms with E-state index in [0.29, 0.717) is 30.6 Å². The Balaban J connectivity index is 2.63. The molecule has 0 saturated carbocycles. The van der Waals surface area contributed by atoms with E-state index in [0.717, 1.165) is 5.56 Å². The second-order valence-corrected chi connectivity index (χ2v) is 5.86. The number of nitrogens with one attached hydrogen (secondary N) is 1. The van der Waals surface area contributed by atoms with Gasteiger partial charge in [0.15, 0.2) is 0 Å². The molecule has 20 heavy (non-hydrogen) atoms. The minimum absolute atomic E-state index is 0.0153. The molecule has 1 atom stereocenters. The summed E-state index contributed by atoms with van der Waals surface area (Å²) in [4.78, 5) is 13.8. The predicted molar refractivity (Wildman–Crippen MR) is 83.7 cm³/mol. The summed E-state index contributed by atoms with van der Waals surface area (Å²) >= 11 is 6.00. The van der Waals surface area contributed by atoms with Gasteiger partial charge in [-0.3, -0.25) is 9.69 Å². The van der Waals surface area contributed by atoms with Gasteiger partial charge in [-0.2, -0.15) is 0 Å². The standard InChI is InChI=1S/C15H24ClN3O/c1-11(2)9-18-15(20)10-19(3)14(8-17)12-5-4-6-13(16)7-12/h4-7,11,14H,8-10,17H2,1-3H3,(H,18,20). The number of amides is 1. The Bertz CT molecular complexity index is 437. The van der Waals surface area contributed by atoms with Crippen LogP contribution in [0.25, 0.3) is 0 Å². The van der Waals surface area contributed by atoms with Crippen molar-refractivity contribution in [3.05, 3.63) is 34.9 Å². The van der Waals surface area contributed by atoms with Crippen molar-refractivity contribution in [1.29, 1.82) is 0 Å². The van der Waals surface area contributed by atoms with Crippen LogP contribution >= 0.6 is 11.6 Å². The van der Waals surface area contributed by atoms with Crippen molar-refractivity contribution in [3.8, 4) is 0 Å². The molecule has 0 fully saturated rings. The third kappa shape index (κ3) is 5.49. The van der Waals surface area contributed by atoms with Gasteiger partial charge in [-0.1, -0.05) is 37.6 Å². The number of benzene rings is 1. The van der Waals surface area contributed by atoms with Gasteiger partial charge >= 0.3 is 0 Å². The number of nitrogens with zero attached hydrogens (tertiary/aromatic N) is 1. The molecule has 0 bridgehead atoms. The molecule has 0 aromatic heterocycles. The minimum Gasteiger partial charge on any atom is -0.355 e. The second kappa shape index (κ2) is 8.25. The Morgan fingerprint density at radius 1 is 1.45 bits per heavy atom. The molecule has 0 radical (unpaired) electrons. The van der Waals surface area contributed by atoms with Gasteiger partial charge in [-0.25, -0.2) is 0 Å². The highest BCUT2D eigenvalue weighted by atomic mass is 35.5. The number of hydrogen-bond donors (Lipinski definition) is 2. The lowest BCUT2D eigenvalue weighted by molar-refractivity contribution is -0.122. The van der Waals surface area contributed by atoms with Crippen molar-refractivity contribution in [3.63, 3.8) is 0 Å². The van der Waals surface area contributed by atoms with E-state index < -0.39 is 0 Å². The van der Waals surface area contributed by atoms with Crippen molar-refractivity contribution in [2.75, 3.05) is 26.7 Å². The van der Waals surface area contributed by atoms with Crippen molar-refractivity contribution in [1.82, 2.24) is 10.2 Å². The number of rotatable bonds is 7. The average molecular weight is 298 g/mol. The fraction of sp³-hybridized carbons (Fsp3) is 0.533. The molecule has 0 spiro atoms. The molecule has 3 N–H and O–H groups in total. The first-order valence-electron chi connectivity index (χ1n) is 6.86. The van der Waals surface area contributed by atoms with Crippen LogP contribution in [0.3, 0.4) is 0 Å². The first-order chi connectivity index (χ1) is 9.43. The molecule has 1 rings (SSSR count). The maximum absolute atomic E-state index is 11.9. The van der Waals surface area contributed by atoms with E-state index in [1.807, 2.05) is 36.2 Å². The number of nitrogens with two attached hydrogens (primary N) is 1. The van der Waals surface area contributed by atoms with Crippen LogP contribution in [0, 0.1) is 5.92 Å². The summed E-state index contributed by atoms with van der Waals surface area (Å²) in [5.74, 6) is 0.462. The number of halogens is 1. The molecule has 0 aliphatic rings. The van der Waals surface area contributed by atoms with Gasteiger partial charge in [0.05, 0.1) is 6.54 Å². The molecule has 4 nitrogen and oxygen atoms in total. The lowest BCUT2D eigenvalue weighted by Gasteiger charge is -2.27. The maximum atomic E-state index is 11.9. The van der Waals surface area contributed by atoms with Gasteiger partial charge in [0.2, 0.25) is 5.91 Å². The van der Waals surface area contributed by atoms with Gasteiger partial charge in [0, 0.05) is 24.2 Å². The zero-order valence-electron chi connectivity index (χ0n) is 12.4. The van der Waals surface area contributed by atoms with E-state index >= 15 is 0 Å². The van der Waals surface area contributed by atoms with Gasteiger partial charge in [0.1, 0.15) is 0 Å². The average Bonchev–Trinajstić information content (AvgIpc) is 2.37. The molecule has 1 aromatic rings. The quantitative estimate of drug-likeness (QED) is 0.810. The van der Waals surface area contributed by atoms with Gasteiger partial charge in [0.25, 0.3) is 0 Å². The van der Waals surface area contributed by atoms with Crippen LogP contribution in [0.15, 0.2) is 24.3 Å². The normalized spacial score (nSPS) is 12.8. The topological polar surface area (TPSA) is 58.4 Å². The molecule has 5 heteroatoms. The van der Waals surface area contributed by atoms with Crippen molar-refractivity contribution >= 4 is 17.5 Å². The Hall–Kier alpha value is -1.10. The van der Waals surface area contributed by atoms with Crippen molar-refractivity contribution < 1.29 is 4.79 Å². The van der Waals surface area contributed by atoms with E-state index in [2.05, 4.69) is 19.2 Å². The summed E-state index contributed by atoms with van der Waals surface area (Å²) in [7, 11) is 1.90.